The number of para-hydroxylation sites is 1. The largest absolute Gasteiger partial charge is 0.456 e. The standard InChI is InChI=1S/C33H19N3O2/c1-3-10-20(11-4-1)31-34-32(21-12-5-2-6-13-21)36-33(35-31)23-15-9-17-27-30(23)25-18-24-22-14-7-8-16-26(22)37-28(24)19-29(25)38-27/h1-19H. The van der Waals surface area contributed by atoms with Crippen LogP contribution in [0.3, 0.4) is 0 Å². The van der Waals surface area contributed by atoms with E-state index in [0.717, 1.165) is 60.6 Å². The molecule has 38 heavy (non-hydrogen) atoms. The van der Waals surface area contributed by atoms with E-state index in [-0.39, 0.29) is 0 Å². The van der Waals surface area contributed by atoms with Crippen LogP contribution in [0.1, 0.15) is 0 Å². The van der Waals surface area contributed by atoms with E-state index in [1.165, 1.54) is 0 Å². The summed E-state index contributed by atoms with van der Waals surface area (Å²) in [5.74, 6) is 1.85. The molecule has 0 unspecified atom stereocenters. The molecule has 5 heteroatoms. The van der Waals surface area contributed by atoms with Crippen molar-refractivity contribution in [3.63, 3.8) is 0 Å². The number of fused-ring (bicyclic) bond motifs is 6. The lowest BCUT2D eigenvalue weighted by Crippen LogP contribution is -2.00. The van der Waals surface area contributed by atoms with Crippen LogP contribution in [0.4, 0.5) is 0 Å². The summed E-state index contributed by atoms with van der Waals surface area (Å²) in [6.45, 7) is 0. The van der Waals surface area contributed by atoms with Gasteiger partial charge in [-0.05, 0) is 18.2 Å². The minimum Gasteiger partial charge on any atom is -0.456 e. The van der Waals surface area contributed by atoms with E-state index in [1.54, 1.807) is 0 Å². The number of furan rings is 2. The molecular formula is C33H19N3O2. The van der Waals surface area contributed by atoms with Crippen LogP contribution >= 0.6 is 0 Å². The highest BCUT2D eigenvalue weighted by molar-refractivity contribution is 6.18. The van der Waals surface area contributed by atoms with E-state index < -0.39 is 0 Å². The molecule has 3 aromatic heterocycles. The Hall–Kier alpha value is -5.29. The molecule has 178 valence electrons. The van der Waals surface area contributed by atoms with Crippen molar-refractivity contribution < 1.29 is 8.83 Å². The predicted octanol–water partition coefficient (Wildman–Crippen LogP) is 8.67. The number of hydrogen-bond acceptors (Lipinski definition) is 5. The summed E-state index contributed by atoms with van der Waals surface area (Å²) < 4.78 is 12.4. The Labute approximate surface area is 217 Å². The number of aromatic nitrogens is 3. The maximum atomic E-state index is 6.32. The molecule has 0 N–H and O–H groups in total. The van der Waals surface area contributed by atoms with Crippen LogP contribution in [0.25, 0.3) is 78.0 Å². The van der Waals surface area contributed by atoms with E-state index in [9.17, 15) is 0 Å². The summed E-state index contributed by atoms with van der Waals surface area (Å²) in [7, 11) is 0. The van der Waals surface area contributed by atoms with E-state index >= 15 is 0 Å². The van der Waals surface area contributed by atoms with Gasteiger partial charge in [0.2, 0.25) is 0 Å². The topological polar surface area (TPSA) is 65.0 Å². The quantitative estimate of drug-likeness (QED) is 0.248. The number of nitrogens with zero attached hydrogens (tertiary/aromatic N) is 3. The Bertz CT molecular complexity index is 2070. The van der Waals surface area contributed by atoms with Crippen molar-refractivity contribution in [2.45, 2.75) is 0 Å². The van der Waals surface area contributed by atoms with Crippen LogP contribution in [0.15, 0.2) is 124 Å². The predicted molar refractivity (Wildman–Crippen MR) is 151 cm³/mol. The van der Waals surface area contributed by atoms with Crippen molar-refractivity contribution in [1.29, 1.82) is 0 Å². The van der Waals surface area contributed by atoms with Gasteiger partial charge in [-0.1, -0.05) is 91.0 Å². The van der Waals surface area contributed by atoms with E-state index in [4.69, 9.17) is 23.8 Å². The van der Waals surface area contributed by atoms with Crippen LogP contribution < -0.4 is 0 Å². The molecular weight excluding hydrogens is 470 g/mol. The minimum absolute atomic E-state index is 0.600. The van der Waals surface area contributed by atoms with Crippen LogP contribution in [-0.2, 0) is 0 Å². The Morgan fingerprint density at radius 3 is 1.71 bits per heavy atom. The first-order chi connectivity index (χ1) is 18.8. The van der Waals surface area contributed by atoms with Gasteiger partial charge in [-0.25, -0.2) is 15.0 Å². The van der Waals surface area contributed by atoms with Crippen molar-refractivity contribution in [1.82, 2.24) is 15.0 Å². The fourth-order valence-electron chi connectivity index (χ4n) is 5.16. The van der Waals surface area contributed by atoms with E-state index in [1.807, 2.05) is 103 Å². The van der Waals surface area contributed by atoms with Gasteiger partial charge in [0, 0.05) is 44.3 Å². The molecule has 3 heterocycles. The highest BCUT2D eigenvalue weighted by atomic mass is 16.3. The first kappa shape index (κ1) is 20.9. The molecule has 8 rings (SSSR count). The van der Waals surface area contributed by atoms with Gasteiger partial charge in [0.25, 0.3) is 0 Å². The molecule has 0 saturated carbocycles. The summed E-state index contributed by atoms with van der Waals surface area (Å²) in [4.78, 5) is 14.8. The minimum atomic E-state index is 0.600. The maximum absolute atomic E-state index is 6.32. The van der Waals surface area contributed by atoms with Gasteiger partial charge in [0.15, 0.2) is 17.5 Å². The summed E-state index contributed by atoms with van der Waals surface area (Å²) in [5.41, 5.74) is 5.96. The molecule has 0 fully saturated rings. The van der Waals surface area contributed by atoms with Gasteiger partial charge in [-0.2, -0.15) is 0 Å². The van der Waals surface area contributed by atoms with Crippen LogP contribution in [0, 0.1) is 0 Å². The molecule has 0 spiro atoms. The second-order valence-electron chi connectivity index (χ2n) is 9.26. The molecule has 5 aromatic carbocycles. The highest BCUT2D eigenvalue weighted by Crippen LogP contribution is 2.40. The van der Waals surface area contributed by atoms with Crippen LogP contribution in [-0.4, -0.2) is 15.0 Å². The third-order valence-corrected chi connectivity index (χ3v) is 6.93. The zero-order valence-corrected chi connectivity index (χ0v) is 20.1. The number of rotatable bonds is 3. The van der Waals surface area contributed by atoms with E-state index in [2.05, 4.69) is 12.1 Å². The van der Waals surface area contributed by atoms with Crippen LogP contribution in [0.5, 0.6) is 0 Å². The lowest BCUT2D eigenvalue weighted by molar-refractivity contribution is 0.656. The fourth-order valence-corrected chi connectivity index (χ4v) is 5.16. The second kappa shape index (κ2) is 8.11. The lowest BCUT2D eigenvalue weighted by atomic mass is 10.0. The Morgan fingerprint density at radius 2 is 0.974 bits per heavy atom. The Morgan fingerprint density at radius 1 is 0.395 bits per heavy atom. The highest BCUT2D eigenvalue weighted by Gasteiger charge is 2.19. The molecule has 0 aliphatic heterocycles. The average Bonchev–Trinajstić information content (AvgIpc) is 3.54. The molecule has 0 saturated heterocycles. The van der Waals surface area contributed by atoms with Crippen molar-refractivity contribution in [3.05, 3.63) is 115 Å². The summed E-state index contributed by atoms with van der Waals surface area (Å²) in [6.07, 6.45) is 0. The maximum Gasteiger partial charge on any atom is 0.164 e. The van der Waals surface area contributed by atoms with Crippen molar-refractivity contribution in [2.75, 3.05) is 0 Å². The molecule has 0 radical (unpaired) electrons. The third kappa shape index (κ3) is 3.22. The zero-order valence-electron chi connectivity index (χ0n) is 20.1. The summed E-state index contributed by atoms with van der Waals surface area (Å²) in [6, 6.07) is 38.2. The monoisotopic (exact) mass is 489 g/mol. The lowest BCUT2D eigenvalue weighted by Gasteiger charge is -2.09. The summed E-state index contributed by atoms with van der Waals surface area (Å²) >= 11 is 0. The van der Waals surface area contributed by atoms with Gasteiger partial charge in [-0.15, -0.1) is 0 Å². The zero-order chi connectivity index (χ0) is 25.1. The van der Waals surface area contributed by atoms with Crippen LogP contribution in [0.2, 0.25) is 0 Å². The molecule has 0 amide bonds. The molecule has 0 aliphatic carbocycles. The van der Waals surface area contributed by atoms with Gasteiger partial charge < -0.3 is 8.83 Å². The Kier molecular flexibility index (Phi) is 4.45. The first-order valence-electron chi connectivity index (χ1n) is 12.5. The van der Waals surface area contributed by atoms with Crippen molar-refractivity contribution in [2.24, 2.45) is 0 Å². The smallest absolute Gasteiger partial charge is 0.164 e. The normalized spacial score (nSPS) is 11.7. The molecule has 8 aromatic rings. The van der Waals surface area contributed by atoms with E-state index in [0.29, 0.717) is 17.5 Å². The number of benzene rings is 5. The van der Waals surface area contributed by atoms with Crippen molar-refractivity contribution in [3.8, 4) is 34.2 Å². The molecule has 5 nitrogen and oxygen atoms in total. The van der Waals surface area contributed by atoms with Gasteiger partial charge >= 0.3 is 0 Å². The number of hydrogen-bond donors (Lipinski definition) is 0. The molecule has 0 aliphatic rings. The fraction of sp³-hybridized carbons (Fsp3) is 0. The Balaban J connectivity index is 1.43. The SMILES string of the molecule is c1ccc(-c2nc(-c3ccccc3)nc(-c3cccc4oc5cc6oc7ccccc7c6cc5c34)n2)cc1. The van der Waals surface area contributed by atoms with Gasteiger partial charge in [0.1, 0.15) is 22.3 Å². The molecule has 0 atom stereocenters. The second-order valence-corrected chi connectivity index (χ2v) is 9.26. The average molecular weight is 490 g/mol. The van der Waals surface area contributed by atoms with Gasteiger partial charge in [-0.3, -0.25) is 0 Å². The third-order valence-electron chi connectivity index (χ3n) is 6.93. The van der Waals surface area contributed by atoms with Crippen molar-refractivity contribution >= 4 is 43.9 Å². The first-order valence-corrected chi connectivity index (χ1v) is 12.5. The molecule has 0 bridgehead atoms. The van der Waals surface area contributed by atoms with Gasteiger partial charge in [0.05, 0.1) is 0 Å². The summed E-state index contributed by atoms with van der Waals surface area (Å²) in [5, 5.41) is 4.10.